The van der Waals surface area contributed by atoms with Gasteiger partial charge in [-0.2, -0.15) is 0 Å². The summed E-state index contributed by atoms with van der Waals surface area (Å²) in [6.45, 7) is 7.91. The number of rotatable bonds is 8. The molecular formula is C11H26N2O. The number of hydrogen-bond acceptors (Lipinski definition) is 3. The zero-order valence-electron chi connectivity index (χ0n) is 10.2. The summed E-state index contributed by atoms with van der Waals surface area (Å²) in [6.07, 6.45) is 2.11. The molecule has 3 heteroatoms. The largest absolute Gasteiger partial charge is 0.381 e. The number of nitrogens with two attached hydrogens (primary N) is 1. The Hall–Kier alpha value is -0.120. The first-order valence-electron chi connectivity index (χ1n) is 5.46. The predicted molar refractivity (Wildman–Crippen MR) is 61.4 cm³/mol. The Labute approximate surface area is 88.6 Å². The summed E-state index contributed by atoms with van der Waals surface area (Å²) in [4.78, 5) is 2.22. The SMILES string of the molecule is CCC(C)(COCCCN)CN(C)C. The molecule has 0 radical (unpaired) electrons. The second kappa shape index (κ2) is 7.21. The Morgan fingerprint density at radius 2 is 2.00 bits per heavy atom. The third-order valence-electron chi connectivity index (χ3n) is 2.49. The fourth-order valence-electron chi connectivity index (χ4n) is 1.53. The standard InChI is InChI=1S/C11H26N2O/c1-5-11(2,9-13(3)4)10-14-8-6-7-12/h5-10,12H2,1-4H3. The molecule has 0 aliphatic rings. The highest BCUT2D eigenvalue weighted by molar-refractivity contribution is 4.74. The van der Waals surface area contributed by atoms with Gasteiger partial charge in [-0.1, -0.05) is 13.8 Å². The zero-order chi connectivity index (χ0) is 11.0. The van der Waals surface area contributed by atoms with Gasteiger partial charge < -0.3 is 15.4 Å². The zero-order valence-corrected chi connectivity index (χ0v) is 10.2. The highest BCUT2D eigenvalue weighted by atomic mass is 16.5. The van der Waals surface area contributed by atoms with E-state index in [1.807, 2.05) is 0 Å². The van der Waals surface area contributed by atoms with E-state index in [9.17, 15) is 0 Å². The van der Waals surface area contributed by atoms with Crippen LogP contribution in [0.4, 0.5) is 0 Å². The van der Waals surface area contributed by atoms with Gasteiger partial charge in [-0.25, -0.2) is 0 Å². The van der Waals surface area contributed by atoms with Gasteiger partial charge in [0.25, 0.3) is 0 Å². The molecule has 0 saturated heterocycles. The van der Waals surface area contributed by atoms with Crippen LogP contribution in [0.15, 0.2) is 0 Å². The van der Waals surface area contributed by atoms with E-state index in [1.54, 1.807) is 0 Å². The summed E-state index contributed by atoms with van der Waals surface area (Å²) in [5.74, 6) is 0. The summed E-state index contributed by atoms with van der Waals surface area (Å²) in [5, 5.41) is 0. The minimum atomic E-state index is 0.276. The minimum Gasteiger partial charge on any atom is -0.381 e. The average Bonchev–Trinajstić information content (AvgIpc) is 2.11. The third-order valence-corrected chi connectivity index (χ3v) is 2.49. The Bertz CT molecular complexity index is 139. The van der Waals surface area contributed by atoms with Crippen molar-refractivity contribution in [1.82, 2.24) is 4.90 Å². The molecule has 1 atom stereocenters. The fraction of sp³-hybridized carbons (Fsp3) is 1.00. The van der Waals surface area contributed by atoms with Gasteiger partial charge in [0.15, 0.2) is 0 Å². The molecular weight excluding hydrogens is 176 g/mol. The predicted octanol–water partition coefficient (Wildman–Crippen LogP) is 1.33. The molecule has 0 aromatic rings. The summed E-state index contributed by atoms with van der Waals surface area (Å²) >= 11 is 0. The quantitative estimate of drug-likeness (QED) is 0.604. The Kier molecular flexibility index (Phi) is 7.15. The van der Waals surface area contributed by atoms with E-state index < -0.39 is 0 Å². The van der Waals surface area contributed by atoms with Crippen molar-refractivity contribution < 1.29 is 4.74 Å². The fourth-order valence-corrected chi connectivity index (χ4v) is 1.53. The lowest BCUT2D eigenvalue weighted by Gasteiger charge is -2.31. The highest BCUT2D eigenvalue weighted by Gasteiger charge is 2.22. The van der Waals surface area contributed by atoms with Crippen molar-refractivity contribution in [3.05, 3.63) is 0 Å². The molecule has 0 aliphatic carbocycles. The molecule has 0 spiro atoms. The average molecular weight is 202 g/mol. The molecule has 0 aromatic heterocycles. The van der Waals surface area contributed by atoms with Gasteiger partial charge in [0, 0.05) is 18.6 Å². The van der Waals surface area contributed by atoms with Crippen molar-refractivity contribution in [2.45, 2.75) is 26.7 Å². The lowest BCUT2D eigenvalue weighted by atomic mass is 9.88. The van der Waals surface area contributed by atoms with E-state index in [0.717, 1.165) is 39.1 Å². The lowest BCUT2D eigenvalue weighted by molar-refractivity contribution is 0.0354. The molecule has 0 aromatic carbocycles. The maximum atomic E-state index is 5.62. The van der Waals surface area contributed by atoms with Crippen LogP contribution in [0.25, 0.3) is 0 Å². The van der Waals surface area contributed by atoms with Gasteiger partial charge in [-0.05, 0) is 33.5 Å². The second-order valence-corrected chi connectivity index (χ2v) is 4.60. The van der Waals surface area contributed by atoms with Crippen LogP contribution >= 0.6 is 0 Å². The molecule has 14 heavy (non-hydrogen) atoms. The van der Waals surface area contributed by atoms with Gasteiger partial charge >= 0.3 is 0 Å². The van der Waals surface area contributed by atoms with Crippen LogP contribution in [0, 0.1) is 5.41 Å². The van der Waals surface area contributed by atoms with Crippen LogP contribution in [0.1, 0.15) is 26.7 Å². The third kappa shape index (κ3) is 6.35. The van der Waals surface area contributed by atoms with E-state index in [0.29, 0.717) is 0 Å². The van der Waals surface area contributed by atoms with Crippen LogP contribution < -0.4 is 5.73 Å². The number of ether oxygens (including phenoxy) is 1. The molecule has 1 unspecified atom stereocenters. The Balaban J connectivity index is 3.75. The van der Waals surface area contributed by atoms with Crippen LogP contribution in [0.5, 0.6) is 0 Å². The summed E-state index contributed by atoms with van der Waals surface area (Å²) in [6, 6.07) is 0. The van der Waals surface area contributed by atoms with Crippen molar-refractivity contribution in [3.63, 3.8) is 0 Å². The first-order chi connectivity index (χ1) is 6.54. The smallest absolute Gasteiger partial charge is 0.0531 e. The molecule has 86 valence electrons. The van der Waals surface area contributed by atoms with Crippen molar-refractivity contribution in [3.8, 4) is 0 Å². The summed E-state index contributed by atoms with van der Waals surface area (Å²) < 4.78 is 5.62. The maximum absolute atomic E-state index is 5.62. The molecule has 3 nitrogen and oxygen atoms in total. The van der Waals surface area contributed by atoms with Gasteiger partial charge in [0.1, 0.15) is 0 Å². The van der Waals surface area contributed by atoms with Gasteiger partial charge in [-0.15, -0.1) is 0 Å². The normalized spacial score (nSPS) is 15.9. The topological polar surface area (TPSA) is 38.5 Å². The number of nitrogens with zero attached hydrogens (tertiary/aromatic N) is 1. The molecule has 2 N–H and O–H groups in total. The molecule has 0 heterocycles. The van der Waals surface area contributed by atoms with Crippen molar-refractivity contribution >= 4 is 0 Å². The Morgan fingerprint density at radius 3 is 2.43 bits per heavy atom. The molecule has 0 rings (SSSR count). The van der Waals surface area contributed by atoms with Crippen molar-refractivity contribution in [2.75, 3.05) is 40.4 Å². The molecule has 0 saturated carbocycles. The minimum absolute atomic E-state index is 0.276. The second-order valence-electron chi connectivity index (χ2n) is 4.60. The molecule has 0 aliphatic heterocycles. The highest BCUT2D eigenvalue weighted by Crippen LogP contribution is 2.22. The Morgan fingerprint density at radius 1 is 1.36 bits per heavy atom. The maximum Gasteiger partial charge on any atom is 0.0531 e. The molecule has 0 fully saturated rings. The van der Waals surface area contributed by atoms with Crippen molar-refractivity contribution in [2.24, 2.45) is 11.1 Å². The van der Waals surface area contributed by atoms with Gasteiger partial charge in [0.05, 0.1) is 6.61 Å². The summed E-state index contributed by atoms with van der Waals surface area (Å²) in [7, 11) is 4.21. The molecule has 0 bridgehead atoms. The van der Waals surface area contributed by atoms with E-state index in [2.05, 4.69) is 32.8 Å². The lowest BCUT2D eigenvalue weighted by Crippen LogP contribution is -2.34. The summed E-state index contributed by atoms with van der Waals surface area (Å²) in [5.41, 5.74) is 5.68. The van der Waals surface area contributed by atoms with Crippen LogP contribution in [0.2, 0.25) is 0 Å². The van der Waals surface area contributed by atoms with E-state index in [1.165, 1.54) is 0 Å². The monoisotopic (exact) mass is 202 g/mol. The molecule has 0 amide bonds. The van der Waals surface area contributed by atoms with Crippen LogP contribution in [0.3, 0.4) is 0 Å². The van der Waals surface area contributed by atoms with E-state index in [-0.39, 0.29) is 5.41 Å². The van der Waals surface area contributed by atoms with E-state index >= 15 is 0 Å². The first kappa shape index (κ1) is 13.9. The van der Waals surface area contributed by atoms with Crippen LogP contribution in [-0.4, -0.2) is 45.3 Å². The van der Waals surface area contributed by atoms with Gasteiger partial charge in [-0.3, -0.25) is 0 Å². The van der Waals surface area contributed by atoms with Crippen LogP contribution in [-0.2, 0) is 4.74 Å². The van der Waals surface area contributed by atoms with Crippen molar-refractivity contribution in [1.29, 1.82) is 0 Å². The van der Waals surface area contributed by atoms with E-state index in [4.69, 9.17) is 10.5 Å². The van der Waals surface area contributed by atoms with Gasteiger partial charge in [0.2, 0.25) is 0 Å². The first-order valence-corrected chi connectivity index (χ1v) is 5.46. The number of hydrogen-bond donors (Lipinski definition) is 1.